The summed E-state index contributed by atoms with van der Waals surface area (Å²) in [7, 11) is -1.63. The van der Waals surface area contributed by atoms with Crippen LogP contribution in [0, 0.1) is 11.3 Å². The Morgan fingerprint density at radius 2 is 2.00 bits per heavy atom. The van der Waals surface area contributed by atoms with Crippen LogP contribution in [0.3, 0.4) is 0 Å². The van der Waals surface area contributed by atoms with Gasteiger partial charge in [-0.25, -0.2) is 0 Å². The molecule has 86 valence electrons. The van der Waals surface area contributed by atoms with Gasteiger partial charge >= 0.3 is 0 Å². The standard InChI is InChI=1S/C11H22N2OSi/c1-10(2)13-7-6-11(8-12,9-13)14-15(3,4)5/h10H,6-7,9H2,1-5H3. The van der Waals surface area contributed by atoms with Crippen LogP contribution in [0.2, 0.25) is 19.6 Å². The molecule has 0 amide bonds. The Bertz CT molecular complexity index is 267. The van der Waals surface area contributed by atoms with E-state index < -0.39 is 13.9 Å². The van der Waals surface area contributed by atoms with E-state index in [4.69, 9.17) is 4.43 Å². The molecule has 1 unspecified atom stereocenters. The molecule has 0 bridgehead atoms. The van der Waals surface area contributed by atoms with E-state index in [1.54, 1.807) is 0 Å². The zero-order valence-electron chi connectivity index (χ0n) is 10.5. The van der Waals surface area contributed by atoms with E-state index in [1.165, 1.54) is 0 Å². The summed E-state index contributed by atoms with van der Waals surface area (Å²) in [5.41, 5.74) is -0.533. The molecule has 0 spiro atoms. The third kappa shape index (κ3) is 3.30. The molecule has 1 aliphatic heterocycles. The summed E-state index contributed by atoms with van der Waals surface area (Å²) in [5.74, 6) is 0. The second-order valence-electron chi connectivity index (χ2n) is 5.63. The maximum absolute atomic E-state index is 9.30. The molecule has 0 radical (unpaired) electrons. The average molecular weight is 226 g/mol. The first-order chi connectivity index (χ1) is 6.78. The van der Waals surface area contributed by atoms with Gasteiger partial charge in [0.1, 0.15) is 0 Å². The highest BCUT2D eigenvalue weighted by atomic mass is 28.4. The van der Waals surface area contributed by atoms with Gasteiger partial charge in [-0.3, -0.25) is 4.90 Å². The van der Waals surface area contributed by atoms with Crippen LogP contribution >= 0.6 is 0 Å². The minimum absolute atomic E-state index is 0.505. The van der Waals surface area contributed by atoms with E-state index in [1.807, 2.05) is 0 Å². The molecule has 1 heterocycles. The van der Waals surface area contributed by atoms with Crippen molar-refractivity contribution < 1.29 is 4.43 Å². The highest BCUT2D eigenvalue weighted by Gasteiger charge is 2.43. The fraction of sp³-hybridized carbons (Fsp3) is 0.909. The van der Waals surface area contributed by atoms with Crippen molar-refractivity contribution >= 4 is 8.32 Å². The number of nitrogens with zero attached hydrogens (tertiary/aromatic N) is 2. The monoisotopic (exact) mass is 226 g/mol. The van der Waals surface area contributed by atoms with Gasteiger partial charge in [-0.05, 0) is 33.5 Å². The van der Waals surface area contributed by atoms with Crippen molar-refractivity contribution in [3.63, 3.8) is 0 Å². The van der Waals surface area contributed by atoms with Crippen LogP contribution in [0.5, 0.6) is 0 Å². The molecule has 1 atom stereocenters. The summed E-state index contributed by atoms with van der Waals surface area (Å²) in [6.07, 6.45) is 0.853. The third-order valence-corrected chi connectivity index (χ3v) is 3.70. The van der Waals surface area contributed by atoms with Crippen LogP contribution in [0.15, 0.2) is 0 Å². The lowest BCUT2D eigenvalue weighted by Crippen LogP contribution is -2.44. The summed E-state index contributed by atoms with van der Waals surface area (Å²) in [6.45, 7) is 12.5. The van der Waals surface area contributed by atoms with E-state index in [0.717, 1.165) is 19.5 Å². The van der Waals surface area contributed by atoms with Crippen LogP contribution in [0.4, 0.5) is 0 Å². The maximum atomic E-state index is 9.30. The van der Waals surface area contributed by atoms with Crippen molar-refractivity contribution in [2.45, 2.75) is 51.6 Å². The first-order valence-corrected chi connectivity index (χ1v) is 9.04. The van der Waals surface area contributed by atoms with Gasteiger partial charge in [-0.15, -0.1) is 0 Å². The van der Waals surface area contributed by atoms with Gasteiger partial charge in [0, 0.05) is 25.6 Å². The molecule has 0 N–H and O–H groups in total. The predicted molar refractivity (Wildman–Crippen MR) is 64.1 cm³/mol. The van der Waals surface area contributed by atoms with Crippen LogP contribution < -0.4 is 0 Å². The van der Waals surface area contributed by atoms with Crippen LogP contribution in [0.25, 0.3) is 0 Å². The number of hydrogen-bond acceptors (Lipinski definition) is 3. The van der Waals surface area contributed by atoms with Crippen molar-refractivity contribution in [3.05, 3.63) is 0 Å². The van der Waals surface area contributed by atoms with Crippen molar-refractivity contribution in [1.82, 2.24) is 4.90 Å². The molecule has 0 aromatic heterocycles. The summed E-state index contributed by atoms with van der Waals surface area (Å²) >= 11 is 0. The van der Waals surface area contributed by atoms with E-state index in [2.05, 4.69) is 44.5 Å². The number of hydrogen-bond donors (Lipinski definition) is 0. The number of likely N-dealkylation sites (tertiary alicyclic amines) is 1. The summed E-state index contributed by atoms with van der Waals surface area (Å²) in [6, 6.07) is 2.89. The lowest BCUT2D eigenvalue weighted by molar-refractivity contribution is 0.119. The fourth-order valence-electron chi connectivity index (χ4n) is 2.03. The molecule has 4 heteroatoms. The van der Waals surface area contributed by atoms with Gasteiger partial charge in [0.25, 0.3) is 0 Å². The lowest BCUT2D eigenvalue weighted by atomic mass is 10.1. The second-order valence-corrected chi connectivity index (χ2v) is 10.1. The molecule has 3 nitrogen and oxygen atoms in total. The Balaban J connectivity index is 2.70. The van der Waals surface area contributed by atoms with Gasteiger partial charge in [0.15, 0.2) is 13.9 Å². The SMILES string of the molecule is CC(C)N1CCC(C#N)(O[Si](C)(C)C)C1. The Hall–Kier alpha value is -0.373. The van der Waals surface area contributed by atoms with Crippen molar-refractivity contribution in [1.29, 1.82) is 5.26 Å². The molecular weight excluding hydrogens is 204 g/mol. The van der Waals surface area contributed by atoms with E-state index >= 15 is 0 Å². The summed E-state index contributed by atoms with van der Waals surface area (Å²) < 4.78 is 6.05. The zero-order chi connectivity index (χ0) is 11.7. The van der Waals surface area contributed by atoms with Gasteiger partial charge in [-0.1, -0.05) is 0 Å². The van der Waals surface area contributed by atoms with Crippen LogP contribution in [0.1, 0.15) is 20.3 Å². The Kier molecular flexibility index (Phi) is 3.59. The maximum Gasteiger partial charge on any atom is 0.185 e. The fourth-order valence-corrected chi connectivity index (χ4v) is 3.42. The zero-order valence-corrected chi connectivity index (χ0v) is 11.5. The highest BCUT2D eigenvalue weighted by Crippen LogP contribution is 2.29. The summed E-state index contributed by atoms with van der Waals surface area (Å²) in [5, 5.41) is 9.30. The second kappa shape index (κ2) is 4.24. The van der Waals surface area contributed by atoms with E-state index in [0.29, 0.717) is 6.04 Å². The minimum Gasteiger partial charge on any atom is -0.399 e. The lowest BCUT2D eigenvalue weighted by Gasteiger charge is -2.31. The topological polar surface area (TPSA) is 36.3 Å². The van der Waals surface area contributed by atoms with Crippen LogP contribution in [-0.4, -0.2) is 37.9 Å². The molecule has 0 aromatic rings. The Morgan fingerprint density at radius 1 is 1.40 bits per heavy atom. The molecular formula is C11H22N2OSi. The Morgan fingerprint density at radius 3 is 2.33 bits per heavy atom. The first kappa shape index (κ1) is 12.7. The summed E-state index contributed by atoms with van der Waals surface area (Å²) in [4.78, 5) is 2.32. The molecule has 1 fully saturated rings. The predicted octanol–water partition coefficient (Wildman–Crippen LogP) is 2.21. The largest absolute Gasteiger partial charge is 0.399 e. The van der Waals surface area contributed by atoms with Gasteiger partial charge in [-0.2, -0.15) is 5.26 Å². The van der Waals surface area contributed by atoms with Gasteiger partial charge in [0.2, 0.25) is 0 Å². The molecule has 1 saturated heterocycles. The van der Waals surface area contributed by atoms with Gasteiger partial charge in [0.05, 0.1) is 6.07 Å². The molecule has 1 aliphatic rings. The number of rotatable bonds is 3. The van der Waals surface area contributed by atoms with E-state index in [-0.39, 0.29) is 0 Å². The molecule has 0 saturated carbocycles. The van der Waals surface area contributed by atoms with Crippen molar-refractivity contribution in [2.75, 3.05) is 13.1 Å². The normalized spacial score (nSPS) is 28.3. The smallest absolute Gasteiger partial charge is 0.185 e. The molecule has 1 rings (SSSR count). The van der Waals surface area contributed by atoms with Gasteiger partial charge < -0.3 is 4.43 Å². The quantitative estimate of drug-likeness (QED) is 0.692. The minimum atomic E-state index is -1.63. The van der Waals surface area contributed by atoms with E-state index in [9.17, 15) is 5.26 Å². The molecule has 0 aromatic carbocycles. The average Bonchev–Trinajstić information content (AvgIpc) is 2.47. The number of nitriles is 1. The van der Waals surface area contributed by atoms with Crippen molar-refractivity contribution in [3.8, 4) is 6.07 Å². The highest BCUT2D eigenvalue weighted by molar-refractivity contribution is 6.69. The Labute approximate surface area is 94.2 Å². The third-order valence-electron chi connectivity index (χ3n) is 2.70. The molecule has 0 aliphatic carbocycles. The van der Waals surface area contributed by atoms with Crippen molar-refractivity contribution in [2.24, 2.45) is 0 Å². The first-order valence-electron chi connectivity index (χ1n) is 5.63. The van der Waals surface area contributed by atoms with Crippen LogP contribution in [-0.2, 0) is 4.43 Å². The molecule has 15 heavy (non-hydrogen) atoms.